The molecule has 0 radical (unpaired) electrons. The SMILES string of the molecule is CCOC(=O)c1cccc(NC(=O)C(CC)CN)c1. The number of nitrogens with one attached hydrogen (secondary N) is 1. The average molecular weight is 264 g/mol. The number of anilines is 1. The summed E-state index contributed by atoms with van der Waals surface area (Å²) in [5.74, 6) is -0.748. The third-order valence-corrected chi connectivity index (χ3v) is 2.79. The first-order chi connectivity index (χ1) is 9.12. The monoisotopic (exact) mass is 264 g/mol. The summed E-state index contributed by atoms with van der Waals surface area (Å²) in [6.45, 7) is 4.28. The van der Waals surface area contributed by atoms with Crippen LogP contribution in [0.5, 0.6) is 0 Å². The predicted molar refractivity (Wildman–Crippen MR) is 73.9 cm³/mol. The molecule has 0 saturated carbocycles. The smallest absolute Gasteiger partial charge is 0.338 e. The molecule has 1 amide bonds. The van der Waals surface area contributed by atoms with E-state index >= 15 is 0 Å². The molecule has 5 heteroatoms. The largest absolute Gasteiger partial charge is 0.462 e. The van der Waals surface area contributed by atoms with Gasteiger partial charge in [-0.2, -0.15) is 0 Å². The van der Waals surface area contributed by atoms with E-state index in [2.05, 4.69) is 5.32 Å². The van der Waals surface area contributed by atoms with Crippen LogP contribution in [0.15, 0.2) is 24.3 Å². The molecular weight excluding hydrogens is 244 g/mol. The number of hydrogen-bond donors (Lipinski definition) is 2. The molecular formula is C14H20N2O3. The Bertz CT molecular complexity index is 442. The van der Waals surface area contributed by atoms with Gasteiger partial charge in [0.05, 0.1) is 18.1 Å². The number of carbonyl (C=O) groups excluding carboxylic acids is 2. The van der Waals surface area contributed by atoms with Crippen molar-refractivity contribution in [3.05, 3.63) is 29.8 Å². The van der Waals surface area contributed by atoms with Crippen molar-refractivity contribution >= 4 is 17.6 Å². The van der Waals surface area contributed by atoms with E-state index in [9.17, 15) is 9.59 Å². The maximum atomic E-state index is 11.9. The molecule has 0 saturated heterocycles. The zero-order valence-corrected chi connectivity index (χ0v) is 11.3. The highest BCUT2D eigenvalue weighted by Gasteiger charge is 2.15. The van der Waals surface area contributed by atoms with Crippen LogP contribution in [0.4, 0.5) is 5.69 Å². The van der Waals surface area contributed by atoms with E-state index in [1.54, 1.807) is 31.2 Å². The van der Waals surface area contributed by atoms with Crippen LogP contribution in [0.3, 0.4) is 0 Å². The topological polar surface area (TPSA) is 81.4 Å². The minimum Gasteiger partial charge on any atom is -0.462 e. The summed E-state index contributed by atoms with van der Waals surface area (Å²) in [7, 11) is 0. The van der Waals surface area contributed by atoms with Gasteiger partial charge in [-0.15, -0.1) is 0 Å². The van der Waals surface area contributed by atoms with Gasteiger partial charge in [-0.05, 0) is 31.5 Å². The van der Waals surface area contributed by atoms with Crippen LogP contribution >= 0.6 is 0 Å². The lowest BCUT2D eigenvalue weighted by Gasteiger charge is -2.13. The molecule has 0 aromatic heterocycles. The molecule has 0 aliphatic carbocycles. The fraction of sp³-hybridized carbons (Fsp3) is 0.429. The standard InChI is InChI=1S/C14H20N2O3/c1-3-10(9-15)13(17)16-12-7-5-6-11(8-12)14(18)19-4-2/h5-8,10H,3-4,9,15H2,1-2H3,(H,16,17). The van der Waals surface area contributed by atoms with Crippen molar-refractivity contribution in [2.75, 3.05) is 18.5 Å². The Morgan fingerprint density at radius 3 is 2.68 bits per heavy atom. The summed E-state index contributed by atoms with van der Waals surface area (Å²) in [5, 5.41) is 2.75. The zero-order valence-electron chi connectivity index (χ0n) is 11.3. The summed E-state index contributed by atoms with van der Waals surface area (Å²) >= 11 is 0. The number of carbonyl (C=O) groups is 2. The number of amides is 1. The average Bonchev–Trinajstić information content (AvgIpc) is 2.40. The predicted octanol–water partition coefficient (Wildman–Crippen LogP) is 1.79. The van der Waals surface area contributed by atoms with Gasteiger partial charge < -0.3 is 15.8 Å². The normalized spacial score (nSPS) is 11.7. The summed E-state index contributed by atoms with van der Waals surface area (Å²) in [6.07, 6.45) is 0.680. The lowest BCUT2D eigenvalue weighted by molar-refractivity contribution is -0.119. The van der Waals surface area contributed by atoms with E-state index in [0.717, 1.165) is 0 Å². The second-order valence-electron chi connectivity index (χ2n) is 4.13. The number of nitrogens with two attached hydrogens (primary N) is 1. The Balaban J connectivity index is 2.77. The van der Waals surface area contributed by atoms with E-state index in [0.29, 0.717) is 30.8 Å². The number of ether oxygens (including phenoxy) is 1. The Morgan fingerprint density at radius 2 is 2.11 bits per heavy atom. The molecule has 0 aliphatic heterocycles. The van der Waals surface area contributed by atoms with Crippen LogP contribution < -0.4 is 11.1 Å². The van der Waals surface area contributed by atoms with Crippen LogP contribution in [-0.4, -0.2) is 25.0 Å². The summed E-state index contributed by atoms with van der Waals surface area (Å²) in [6, 6.07) is 6.67. The fourth-order valence-corrected chi connectivity index (χ4v) is 1.64. The van der Waals surface area contributed by atoms with Crippen molar-refractivity contribution in [1.29, 1.82) is 0 Å². The van der Waals surface area contributed by atoms with Crippen LogP contribution in [0.1, 0.15) is 30.6 Å². The van der Waals surface area contributed by atoms with E-state index in [4.69, 9.17) is 10.5 Å². The van der Waals surface area contributed by atoms with Crippen molar-refractivity contribution < 1.29 is 14.3 Å². The second-order valence-corrected chi connectivity index (χ2v) is 4.13. The van der Waals surface area contributed by atoms with E-state index < -0.39 is 5.97 Å². The molecule has 19 heavy (non-hydrogen) atoms. The lowest BCUT2D eigenvalue weighted by atomic mass is 10.1. The fourth-order valence-electron chi connectivity index (χ4n) is 1.64. The van der Waals surface area contributed by atoms with E-state index in [1.807, 2.05) is 6.92 Å². The quantitative estimate of drug-likeness (QED) is 0.767. The Labute approximate surface area is 113 Å². The number of hydrogen-bond acceptors (Lipinski definition) is 4. The third-order valence-electron chi connectivity index (χ3n) is 2.79. The Hall–Kier alpha value is -1.88. The summed E-state index contributed by atoms with van der Waals surface area (Å²) in [4.78, 5) is 23.4. The van der Waals surface area contributed by atoms with Crippen molar-refractivity contribution in [1.82, 2.24) is 0 Å². The van der Waals surface area contributed by atoms with Crippen LogP contribution in [0, 0.1) is 5.92 Å². The molecule has 104 valence electrons. The minimum atomic E-state index is -0.399. The molecule has 1 rings (SSSR count). The molecule has 1 aromatic carbocycles. The van der Waals surface area contributed by atoms with Gasteiger partial charge in [0.15, 0.2) is 0 Å². The lowest BCUT2D eigenvalue weighted by Crippen LogP contribution is -2.28. The molecule has 0 bridgehead atoms. The van der Waals surface area contributed by atoms with Gasteiger partial charge in [0.2, 0.25) is 5.91 Å². The van der Waals surface area contributed by atoms with Gasteiger partial charge in [-0.3, -0.25) is 4.79 Å². The molecule has 0 aliphatic rings. The maximum Gasteiger partial charge on any atom is 0.338 e. The summed E-state index contributed by atoms with van der Waals surface area (Å²) < 4.78 is 4.91. The third kappa shape index (κ3) is 4.37. The number of rotatable bonds is 6. The highest BCUT2D eigenvalue weighted by molar-refractivity contribution is 5.95. The molecule has 1 unspecified atom stereocenters. The number of benzene rings is 1. The first kappa shape index (κ1) is 15.2. The summed E-state index contributed by atoms with van der Waals surface area (Å²) in [5.41, 5.74) is 6.51. The molecule has 3 N–H and O–H groups in total. The van der Waals surface area contributed by atoms with Crippen LogP contribution in [-0.2, 0) is 9.53 Å². The number of esters is 1. The highest BCUT2D eigenvalue weighted by Crippen LogP contribution is 2.13. The van der Waals surface area contributed by atoms with Gasteiger partial charge in [0.25, 0.3) is 0 Å². The van der Waals surface area contributed by atoms with Gasteiger partial charge >= 0.3 is 5.97 Å². The molecule has 0 spiro atoms. The maximum absolute atomic E-state index is 11.9. The first-order valence-corrected chi connectivity index (χ1v) is 6.40. The van der Waals surface area contributed by atoms with E-state index in [1.165, 1.54) is 0 Å². The first-order valence-electron chi connectivity index (χ1n) is 6.40. The Kier molecular flexibility index (Phi) is 6.02. The van der Waals surface area contributed by atoms with Gasteiger partial charge in [0, 0.05) is 12.2 Å². The zero-order chi connectivity index (χ0) is 14.3. The van der Waals surface area contributed by atoms with Crippen LogP contribution in [0.2, 0.25) is 0 Å². The molecule has 1 aromatic rings. The molecule has 5 nitrogen and oxygen atoms in total. The van der Waals surface area contributed by atoms with E-state index in [-0.39, 0.29) is 11.8 Å². The van der Waals surface area contributed by atoms with Gasteiger partial charge in [0.1, 0.15) is 0 Å². The van der Waals surface area contributed by atoms with Gasteiger partial charge in [-0.1, -0.05) is 13.0 Å². The van der Waals surface area contributed by atoms with Crippen LogP contribution in [0.25, 0.3) is 0 Å². The molecule has 1 atom stereocenters. The van der Waals surface area contributed by atoms with Crippen molar-refractivity contribution in [3.8, 4) is 0 Å². The van der Waals surface area contributed by atoms with Crippen molar-refractivity contribution in [3.63, 3.8) is 0 Å². The van der Waals surface area contributed by atoms with Gasteiger partial charge in [-0.25, -0.2) is 4.79 Å². The van der Waals surface area contributed by atoms with Crippen molar-refractivity contribution in [2.45, 2.75) is 20.3 Å². The Morgan fingerprint density at radius 1 is 1.37 bits per heavy atom. The second kappa shape index (κ2) is 7.53. The molecule has 0 heterocycles. The van der Waals surface area contributed by atoms with Crippen molar-refractivity contribution in [2.24, 2.45) is 11.7 Å². The highest BCUT2D eigenvalue weighted by atomic mass is 16.5. The molecule has 0 fully saturated rings. The minimum absolute atomic E-state index is 0.133.